The maximum atomic E-state index is 13.0. The highest BCUT2D eigenvalue weighted by atomic mass is 79.9. The predicted molar refractivity (Wildman–Crippen MR) is 68.7 cm³/mol. The normalized spacial score (nSPS) is 15.8. The Morgan fingerprint density at radius 3 is 2.63 bits per heavy atom. The SMILES string of the molecule is FC(F)(F)c1cc(Br)ccc1-c1ncc(C2CC2)[nH]1. The van der Waals surface area contributed by atoms with Crippen LogP contribution < -0.4 is 0 Å². The third-order valence-electron chi connectivity index (χ3n) is 3.15. The summed E-state index contributed by atoms with van der Waals surface area (Å²) < 4.78 is 39.5. The lowest BCUT2D eigenvalue weighted by atomic mass is 10.1. The highest BCUT2D eigenvalue weighted by Gasteiger charge is 2.35. The molecule has 0 unspecified atom stereocenters. The van der Waals surface area contributed by atoms with E-state index in [-0.39, 0.29) is 11.4 Å². The summed E-state index contributed by atoms with van der Waals surface area (Å²) in [5, 5.41) is 0. The monoisotopic (exact) mass is 330 g/mol. The molecule has 1 aromatic heterocycles. The van der Waals surface area contributed by atoms with Gasteiger partial charge in [-0.15, -0.1) is 0 Å². The minimum atomic E-state index is -4.40. The number of rotatable bonds is 2. The van der Waals surface area contributed by atoms with Crippen molar-refractivity contribution in [2.24, 2.45) is 0 Å². The number of aromatic amines is 1. The Morgan fingerprint density at radius 1 is 1.26 bits per heavy atom. The van der Waals surface area contributed by atoms with Crippen LogP contribution in [0, 0.1) is 0 Å². The van der Waals surface area contributed by atoms with Crippen LogP contribution in [0.1, 0.15) is 30.0 Å². The van der Waals surface area contributed by atoms with Crippen LogP contribution in [0.3, 0.4) is 0 Å². The molecule has 0 spiro atoms. The molecule has 0 radical (unpaired) electrons. The van der Waals surface area contributed by atoms with Gasteiger partial charge < -0.3 is 4.98 Å². The molecule has 1 N–H and O–H groups in total. The van der Waals surface area contributed by atoms with Gasteiger partial charge in [-0.2, -0.15) is 13.2 Å². The van der Waals surface area contributed by atoms with Crippen LogP contribution in [-0.2, 0) is 6.18 Å². The number of nitrogens with one attached hydrogen (secondary N) is 1. The number of hydrogen-bond acceptors (Lipinski definition) is 1. The quantitative estimate of drug-likeness (QED) is 0.846. The summed E-state index contributed by atoms with van der Waals surface area (Å²) in [4.78, 5) is 7.08. The summed E-state index contributed by atoms with van der Waals surface area (Å²) in [6.45, 7) is 0. The minimum Gasteiger partial charge on any atom is -0.342 e. The standard InChI is InChI=1S/C13H10BrF3N2/c14-8-3-4-9(10(5-8)13(15,16)17)12-18-6-11(19-12)7-1-2-7/h3-7H,1-2H2,(H,18,19). The second-order valence-corrected chi connectivity index (χ2v) is 5.56. The van der Waals surface area contributed by atoms with E-state index in [9.17, 15) is 13.2 Å². The van der Waals surface area contributed by atoms with E-state index in [4.69, 9.17) is 0 Å². The number of hydrogen-bond donors (Lipinski definition) is 1. The van der Waals surface area contributed by atoms with Crippen LogP contribution in [0.5, 0.6) is 0 Å². The number of alkyl halides is 3. The van der Waals surface area contributed by atoms with Gasteiger partial charge in [-0.25, -0.2) is 4.98 Å². The summed E-state index contributed by atoms with van der Waals surface area (Å²) in [5.74, 6) is 0.716. The number of H-pyrrole nitrogens is 1. The molecular weight excluding hydrogens is 321 g/mol. The van der Waals surface area contributed by atoms with Crippen molar-refractivity contribution in [1.29, 1.82) is 0 Å². The number of imidazole rings is 1. The molecule has 0 aliphatic heterocycles. The molecule has 6 heteroatoms. The van der Waals surface area contributed by atoms with Crippen LogP contribution in [0.2, 0.25) is 0 Å². The van der Waals surface area contributed by atoms with Crippen molar-refractivity contribution in [3.8, 4) is 11.4 Å². The second kappa shape index (κ2) is 4.37. The van der Waals surface area contributed by atoms with E-state index in [1.165, 1.54) is 6.07 Å². The third-order valence-corrected chi connectivity index (χ3v) is 3.65. The Labute approximate surface area is 116 Å². The van der Waals surface area contributed by atoms with Crippen LogP contribution in [0.25, 0.3) is 11.4 Å². The first-order valence-electron chi connectivity index (χ1n) is 5.87. The fraction of sp³-hybridized carbons (Fsp3) is 0.308. The van der Waals surface area contributed by atoms with Crippen LogP contribution >= 0.6 is 15.9 Å². The van der Waals surface area contributed by atoms with Gasteiger partial charge in [0.1, 0.15) is 5.82 Å². The van der Waals surface area contributed by atoms with Crippen molar-refractivity contribution in [3.05, 3.63) is 40.1 Å². The van der Waals surface area contributed by atoms with Crippen molar-refractivity contribution >= 4 is 15.9 Å². The minimum absolute atomic E-state index is 0.0857. The van der Waals surface area contributed by atoms with E-state index in [1.54, 1.807) is 12.3 Å². The van der Waals surface area contributed by atoms with Crippen LogP contribution in [-0.4, -0.2) is 9.97 Å². The van der Waals surface area contributed by atoms with Crippen molar-refractivity contribution < 1.29 is 13.2 Å². The fourth-order valence-electron chi connectivity index (χ4n) is 2.03. The molecule has 100 valence electrons. The Hall–Kier alpha value is -1.30. The summed E-state index contributed by atoms with van der Waals surface area (Å²) in [6.07, 6.45) is -0.608. The van der Waals surface area contributed by atoms with Gasteiger partial charge in [-0.05, 0) is 31.0 Å². The molecule has 0 bridgehead atoms. The molecule has 0 amide bonds. The molecule has 3 rings (SSSR count). The largest absolute Gasteiger partial charge is 0.417 e. The maximum absolute atomic E-state index is 13.0. The molecule has 1 fully saturated rings. The summed E-state index contributed by atoms with van der Waals surface area (Å²) >= 11 is 3.07. The van der Waals surface area contributed by atoms with Crippen molar-refractivity contribution in [2.45, 2.75) is 24.9 Å². The first kappa shape index (κ1) is 12.7. The molecule has 2 nitrogen and oxygen atoms in total. The molecule has 1 saturated carbocycles. The highest BCUT2D eigenvalue weighted by molar-refractivity contribution is 9.10. The number of benzene rings is 1. The Balaban J connectivity index is 2.07. The lowest BCUT2D eigenvalue weighted by Gasteiger charge is -2.11. The molecule has 1 aliphatic rings. The molecule has 19 heavy (non-hydrogen) atoms. The van der Waals surface area contributed by atoms with Gasteiger partial charge in [0.15, 0.2) is 0 Å². The Morgan fingerprint density at radius 2 is 2.00 bits per heavy atom. The Bertz CT molecular complexity index is 615. The first-order valence-corrected chi connectivity index (χ1v) is 6.66. The van der Waals surface area contributed by atoms with Crippen LogP contribution in [0.15, 0.2) is 28.9 Å². The van der Waals surface area contributed by atoms with E-state index in [0.717, 1.165) is 24.6 Å². The zero-order valence-corrected chi connectivity index (χ0v) is 11.3. The van der Waals surface area contributed by atoms with E-state index < -0.39 is 11.7 Å². The van der Waals surface area contributed by atoms with Crippen molar-refractivity contribution in [2.75, 3.05) is 0 Å². The lowest BCUT2D eigenvalue weighted by Crippen LogP contribution is -2.07. The third kappa shape index (κ3) is 2.54. The summed E-state index contributed by atoms with van der Waals surface area (Å²) in [6, 6.07) is 4.10. The van der Waals surface area contributed by atoms with E-state index in [2.05, 4.69) is 25.9 Å². The van der Waals surface area contributed by atoms with Gasteiger partial charge in [0.05, 0.1) is 5.56 Å². The summed E-state index contributed by atoms with van der Waals surface area (Å²) in [7, 11) is 0. The summed E-state index contributed by atoms with van der Waals surface area (Å²) in [5.41, 5.74) is 0.326. The lowest BCUT2D eigenvalue weighted by molar-refractivity contribution is -0.137. The number of aromatic nitrogens is 2. The first-order chi connectivity index (χ1) is 8.95. The molecule has 0 atom stereocenters. The molecule has 1 aliphatic carbocycles. The average molecular weight is 331 g/mol. The number of nitrogens with zero attached hydrogens (tertiary/aromatic N) is 1. The molecule has 0 saturated heterocycles. The number of halogens is 4. The molecule has 1 heterocycles. The van der Waals surface area contributed by atoms with Gasteiger partial charge >= 0.3 is 6.18 Å². The average Bonchev–Trinajstić information content (AvgIpc) is 3.07. The van der Waals surface area contributed by atoms with Crippen molar-refractivity contribution in [1.82, 2.24) is 9.97 Å². The smallest absolute Gasteiger partial charge is 0.342 e. The fourth-order valence-corrected chi connectivity index (χ4v) is 2.39. The van der Waals surface area contributed by atoms with E-state index in [0.29, 0.717) is 10.4 Å². The highest BCUT2D eigenvalue weighted by Crippen LogP contribution is 2.41. The zero-order chi connectivity index (χ0) is 13.6. The van der Waals surface area contributed by atoms with Crippen molar-refractivity contribution in [3.63, 3.8) is 0 Å². The second-order valence-electron chi connectivity index (χ2n) is 4.65. The van der Waals surface area contributed by atoms with Gasteiger partial charge in [-0.1, -0.05) is 15.9 Å². The molecular formula is C13H10BrF3N2. The maximum Gasteiger partial charge on any atom is 0.417 e. The van der Waals surface area contributed by atoms with E-state index >= 15 is 0 Å². The van der Waals surface area contributed by atoms with E-state index in [1.807, 2.05) is 0 Å². The topological polar surface area (TPSA) is 28.7 Å². The van der Waals surface area contributed by atoms with Gasteiger partial charge in [-0.3, -0.25) is 0 Å². The predicted octanol–water partition coefficient (Wildman–Crippen LogP) is 4.74. The molecule has 1 aromatic carbocycles. The molecule has 2 aromatic rings. The van der Waals surface area contributed by atoms with Gasteiger partial charge in [0.25, 0.3) is 0 Å². The Kier molecular flexibility index (Phi) is 2.92. The zero-order valence-electron chi connectivity index (χ0n) is 9.76. The van der Waals surface area contributed by atoms with Gasteiger partial charge in [0, 0.05) is 27.8 Å². The van der Waals surface area contributed by atoms with Crippen LogP contribution in [0.4, 0.5) is 13.2 Å². The van der Waals surface area contributed by atoms with Gasteiger partial charge in [0.2, 0.25) is 0 Å².